The van der Waals surface area contributed by atoms with E-state index in [0.717, 1.165) is 25.9 Å². The summed E-state index contributed by atoms with van der Waals surface area (Å²) in [5.74, 6) is -0.0129. The van der Waals surface area contributed by atoms with E-state index in [0.29, 0.717) is 25.0 Å². The van der Waals surface area contributed by atoms with Gasteiger partial charge in [-0.2, -0.15) is 5.26 Å². The molecule has 102 valence electrons. The van der Waals surface area contributed by atoms with E-state index in [9.17, 15) is 0 Å². The summed E-state index contributed by atoms with van der Waals surface area (Å²) in [6.45, 7) is 9.33. The van der Waals surface area contributed by atoms with E-state index in [1.807, 2.05) is 6.92 Å². The Hall–Kier alpha value is -0.630. The molecule has 18 heavy (non-hydrogen) atoms. The van der Waals surface area contributed by atoms with Crippen molar-refractivity contribution < 1.29 is 9.47 Å². The van der Waals surface area contributed by atoms with Gasteiger partial charge in [0, 0.05) is 12.0 Å². The van der Waals surface area contributed by atoms with Gasteiger partial charge in [-0.15, -0.1) is 0 Å². The molecule has 0 aromatic heterocycles. The topological polar surface area (TPSA) is 45.5 Å². The molecule has 2 saturated heterocycles. The van der Waals surface area contributed by atoms with Gasteiger partial charge in [0.2, 0.25) is 0 Å². The van der Waals surface area contributed by atoms with E-state index in [-0.39, 0.29) is 6.10 Å². The lowest BCUT2D eigenvalue weighted by Crippen LogP contribution is -2.46. The van der Waals surface area contributed by atoms with Crippen molar-refractivity contribution in [2.24, 2.45) is 5.92 Å². The molecule has 0 spiro atoms. The van der Waals surface area contributed by atoms with Crippen molar-refractivity contribution in [3.8, 4) is 6.07 Å². The number of rotatable bonds is 3. The van der Waals surface area contributed by atoms with Gasteiger partial charge in [0.15, 0.2) is 5.79 Å². The Morgan fingerprint density at radius 1 is 1.39 bits per heavy atom. The molecule has 0 amide bonds. The molecule has 2 unspecified atom stereocenters. The summed E-state index contributed by atoms with van der Waals surface area (Å²) in [7, 11) is 0. The van der Waals surface area contributed by atoms with Crippen LogP contribution in [0.15, 0.2) is 0 Å². The zero-order valence-electron chi connectivity index (χ0n) is 11.7. The maximum atomic E-state index is 8.71. The quantitative estimate of drug-likeness (QED) is 0.772. The van der Waals surface area contributed by atoms with Crippen LogP contribution in [-0.4, -0.2) is 42.5 Å². The van der Waals surface area contributed by atoms with Crippen LogP contribution in [0.4, 0.5) is 0 Å². The van der Waals surface area contributed by atoms with Crippen molar-refractivity contribution in [1.82, 2.24) is 4.90 Å². The zero-order chi connectivity index (χ0) is 13.2. The van der Waals surface area contributed by atoms with Crippen molar-refractivity contribution >= 4 is 0 Å². The first kappa shape index (κ1) is 13.8. The first-order chi connectivity index (χ1) is 8.55. The van der Waals surface area contributed by atoms with E-state index in [1.54, 1.807) is 0 Å². The van der Waals surface area contributed by atoms with Crippen LogP contribution in [0.5, 0.6) is 0 Å². The first-order valence-electron chi connectivity index (χ1n) is 6.98. The van der Waals surface area contributed by atoms with Crippen LogP contribution in [0, 0.1) is 17.2 Å². The average Bonchev–Trinajstić information content (AvgIpc) is 2.73. The third-order valence-corrected chi connectivity index (χ3v) is 4.28. The Morgan fingerprint density at radius 3 is 2.61 bits per heavy atom. The van der Waals surface area contributed by atoms with Gasteiger partial charge >= 0.3 is 0 Å². The summed E-state index contributed by atoms with van der Waals surface area (Å²) in [5.41, 5.74) is 0. The predicted octanol–water partition coefficient (Wildman–Crippen LogP) is 2.15. The Kier molecular flexibility index (Phi) is 4.26. The molecule has 0 bridgehead atoms. The molecule has 2 heterocycles. The summed E-state index contributed by atoms with van der Waals surface area (Å²) in [6.07, 6.45) is 2.63. The molecule has 2 atom stereocenters. The SMILES string of the molecule is CC(C)N1CCC(C2(C)OCC(CC#N)O2)CC1. The van der Waals surface area contributed by atoms with Gasteiger partial charge in [-0.05, 0) is 46.7 Å². The van der Waals surface area contributed by atoms with E-state index in [2.05, 4.69) is 24.8 Å². The second-order valence-electron chi connectivity index (χ2n) is 5.83. The Bertz CT molecular complexity index is 318. The Morgan fingerprint density at radius 2 is 2.06 bits per heavy atom. The fourth-order valence-corrected chi connectivity index (χ4v) is 3.01. The van der Waals surface area contributed by atoms with Gasteiger partial charge in [0.25, 0.3) is 0 Å². The minimum Gasteiger partial charge on any atom is -0.347 e. The van der Waals surface area contributed by atoms with Crippen molar-refractivity contribution in [3.63, 3.8) is 0 Å². The van der Waals surface area contributed by atoms with Gasteiger partial charge in [0.05, 0.1) is 25.2 Å². The Balaban J connectivity index is 1.88. The number of nitriles is 1. The molecule has 4 heteroatoms. The molecule has 2 rings (SSSR count). The third-order valence-electron chi connectivity index (χ3n) is 4.28. The summed E-state index contributed by atoms with van der Waals surface area (Å²) in [5, 5.41) is 8.71. The normalized spacial score (nSPS) is 34.9. The smallest absolute Gasteiger partial charge is 0.169 e. The van der Waals surface area contributed by atoms with Crippen molar-refractivity contribution in [1.29, 1.82) is 5.26 Å². The largest absolute Gasteiger partial charge is 0.347 e. The van der Waals surface area contributed by atoms with Crippen LogP contribution in [0.2, 0.25) is 0 Å². The molecule has 2 aliphatic rings. The van der Waals surface area contributed by atoms with Gasteiger partial charge in [-0.1, -0.05) is 0 Å². The second kappa shape index (κ2) is 5.56. The maximum Gasteiger partial charge on any atom is 0.169 e. The fraction of sp³-hybridized carbons (Fsp3) is 0.929. The lowest BCUT2D eigenvalue weighted by atomic mass is 9.89. The lowest BCUT2D eigenvalue weighted by molar-refractivity contribution is -0.200. The van der Waals surface area contributed by atoms with Crippen LogP contribution in [0.3, 0.4) is 0 Å². The monoisotopic (exact) mass is 252 g/mol. The third kappa shape index (κ3) is 2.85. The minimum absolute atomic E-state index is 0.0388. The number of hydrogen-bond donors (Lipinski definition) is 0. The molecule has 0 aliphatic carbocycles. The Labute approximate surface area is 110 Å². The molecule has 4 nitrogen and oxygen atoms in total. The number of nitrogens with zero attached hydrogens (tertiary/aromatic N) is 2. The number of likely N-dealkylation sites (tertiary alicyclic amines) is 1. The van der Waals surface area contributed by atoms with Gasteiger partial charge in [-0.25, -0.2) is 0 Å². The number of ether oxygens (including phenoxy) is 2. The molecule has 2 fully saturated rings. The standard InChI is InChI=1S/C14H24N2O2/c1-11(2)16-8-5-12(6-9-16)14(3)17-10-13(18-14)4-7-15/h11-13H,4-6,8-10H2,1-3H3. The van der Waals surface area contributed by atoms with E-state index in [4.69, 9.17) is 14.7 Å². The highest BCUT2D eigenvalue weighted by Crippen LogP contribution is 2.37. The lowest BCUT2D eigenvalue weighted by Gasteiger charge is -2.40. The van der Waals surface area contributed by atoms with Crippen LogP contribution in [0.25, 0.3) is 0 Å². The fourth-order valence-electron chi connectivity index (χ4n) is 3.01. The zero-order valence-corrected chi connectivity index (χ0v) is 11.7. The second-order valence-corrected chi connectivity index (χ2v) is 5.83. The van der Waals surface area contributed by atoms with E-state index in [1.165, 1.54) is 0 Å². The van der Waals surface area contributed by atoms with Gasteiger partial charge in [0.1, 0.15) is 0 Å². The average molecular weight is 252 g/mol. The summed E-state index contributed by atoms with van der Waals surface area (Å²) < 4.78 is 11.8. The highest BCUT2D eigenvalue weighted by molar-refractivity contribution is 4.89. The number of piperidine rings is 1. The molecule has 0 N–H and O–H groups in total. The van der Waals surface area contributed by atoms with Crippen LogP contribution < -0.4 is 0 Å². The number of hydrogen-bond acceptors (Lipinski definition) is 4. The summed E-state index contributed by atoms with van der Waals surface area (Å²) >= 11 is 0. The summed E-state index contributed by atoms with van der Waals surface area (Å²) in [6, 6.07) is 2.78. The molecule has 0 aromatic rings. The maximum absolute atomic E-state index is 8.71. The summed E-state index contributed by atoms with van der Waals surface area (Å²) in [4.78, 5) is 2.50. The van der Waals surface area contributed by atoms with Crippen molar-refractivity contribution in [3.05, 3.63) is 0 Å². The molecule has 0 radical (unpaired) electrons. The van der Waals surface area contributed by atoms with E-state index < -0.39 is 5.79 Å². The highest BCUT2D eigenvalue weighted by atomic mass is 16.7. The van der Waals surface area contributed by atoms with Gasteiger partial charge < -0.3 is 14.4 Å². The van der Waals surface area contributed by atoms with Crippen molar-refractivity contribution in [2.75, 3.05) is 19.7 Å². The van der Waals surface area contributed by atoms with Crippen LogP contribution in [-0.2, 0) is 9.47 Å². The van der Waals surface area contributed by atoms with E-state index >= 15 is 0 Å². The molecule has 0 aromatic carbocycles. The molecule has 2 aliphatic heterocycles. The first-order valence-corrected chi connectivity index (χ1v) is 6.98. The molecular weight excluding hydrogens is 228 g/mol. The van der Waals surface area contributed by atoms with Gasteiger partial charge in [-0.3, -0.25) is 0 Å². The van der Waals surface area contributed by atoms with Crippen LogP contribution in [0.1, 0.15) is 40.0 Å². The van der Waals surface area contributed by atoms with Crippen molar-refractivity contribution in [2.45, 2.75) is 58.0 Å². The minimum atomic E-state index is -0.468. The predicted molar refractivity (Wildman–Crippen MR) is 68.9 cm³/mol. The highest BCUT2D eigenvalue weighted by Gasteiger charge is 2.44. The van der Waals surface area contributed by atoms with Crippen LogP contribution >= 0.6 is 0 Å². The molecule has 0 saturated carbocycles. The molecular formula is C14H24N2O2.